The lowest BCUT2D eigenvalue weighted by atomic mass is 9.61. The number of ketones is 1. The smallest absolute Gasteiger partial charge is 0.235 e. The summed E-state index contributed by atoms with van der Waals surface area (Å²) in [6, 6.07) is 14.6. The van der Waals surface area contributed by atoms with Gasteiger partial charge in [-0.3, -0.25) is 14.4 Å². The first kappa shape index (κ1) is 35.2. The number of hydrogen-bond donors (Lipinski definition) is 3. The molecule has 1 aliphatic rings. The van der Waals surface area contributed by atoms with Crippen molar-refractivity contribution in [2.45, 2.75) is 78.7 Å². The van der Waals surface area contributed by atoms with Gasteiger partial charge in [-0.05, 0) is 109 Å². The van der Waals surface area contributed by atoms with Crippen molar-refractivity contribution in [3.05, 3.63) is 80.8 Å². The maximum atomic E-state index is 14.3. The molecule has 1 saturated carbocycles. The Balaban J connectivity index is 1.85. The molecule has 3 N–H and O–H groups in total. The van der Waals surface area contributed by atoms with Gasteiger partial charge in [0.15, 0.2) is 11.5 Å². The van der Waals surface area contributed by atoms with Crippen molar-refractivity contribution < 1.29 is 29.0 Å². The Kier molecular flexibility index (Phi) is 11.3. The number of carbonyl (C=O) groups excluding carboxylic acids is 3. The minimum Gasteiger partial charge on any atom is -0.493 e. The van der Waals surface area contributed by atoms with Gasteiger partial charge in [-0.2, -0.15) is 0 Å². The number of aryl methyl sites for hydroxylation is 2. The fourth-order valence-electron chi connectivity index (χ4n) is 6.28. The van der Waals surface area contributed by atoms with Crippen LogP contribution in [-0.4, -0.2) is 42.0 Å². The summed E-state index contributed by atoms with van der Waals surface area (Å²) < 4.78 is 12.4. The van der Waals surface area contributed by atoms with Crippen LogP contribution in [-0.2, 0) is 14.4 Å². The summed E-state index contributed by atoms with van der Waals surface area (Å²) in [5.41, 5.74) is 3.66. The van der Waals surface area contributed by atoms with Gasteiger partial charge in [-0.15, -0.1) is 0 Å². The zero-order valence-electron chi connectivity index (χ0n) is 27.8. The molecular weight excluding hydrogens is 648 g/mol. The summed E-state index contributed by atoms with van der Waals surface area (Å²) in [6.07, 6.45) is 2.57. The van der Waals surface area contributed by atoms with Crippen LogP contribution in [0.1, 0.15) is 73.3 Å². The molecular formula is C37H45BrN2O6. The van der Waals surface area contributed by atoms with Crippen LogP contribution in [0.4, 0.5) is 11.4 Å². The van der Waals surface area contributed by atoms with E-state index in [0.29, 0.717) is 39.5 Å². The van der Waals surface area contributed by atoms with Gasteiger partial charge in [-0.1, -0.05) is 44.0 Å². The van der Waals surface area contributed by atoms with Crippen molar-refractivity contribution in [3.8, 4) is 11.5 Å². The number of halogens is 1. The normalized spacial score (nSPS) is 21.1. The summed E-state index contributed by atoms with van der Waals surface area (Å²) in [5, 5.41) is 17.8. The summed E-state index contributed by atoms with van der Waals surface area (Å²) >= 11 is 3.62. The second-order valence-electron chi connectivity index (χ2n) is 12.5. The Morgan fingerprint density at radius 2 is 1.54 bits per heavy atom. The van der Waals surface area contributed by atoms with E-state index >= 15 is 0 Å². The van der Waals surface area contributed by atoms with E-state index in [1.54, 1.807) is 24.3 Å². The van der Waals surface area contributed by atoms with Crippen molar-refractivity contribution in [2.24, 2.45) is 11.8 Å². The van der Waals surface area contributed by atoms with E-state index < -0.39 is 41.0 Å². The lowest BCUT2D eigenvalue weighted by Crippen LogP contribution is -2.56. The molecule has 0 heterocycles. The number of ether oxygens (including phenoxy) is 2. The molecule has 1 aliphatic carbocycles. The Morgan fingerprint density at radius 1 is 0.957 bits per heavy atom. The molecule has 4 atom stereocenters. The number of nitrogens with one attached hydrogen (secondary N) is 2. The molecule has 0 radical (unpaired) electrons. The first-order valence-corrected chi connectivity index (χ1v) is 16.6. The molecule has 2 amide bonds. The standard InChI is InChI=1S/C37H45BrN2O6/c1-8-9-10-17-46-34-26(38)18-25(19-30(34)45-7)31-32(35(42)39-27-15-11-13-21(2)23(27)4)29(41)20-37(6,44)33(31)36(43)40-28-16-12-14-22(3)24(28)5/h11-16,18-19,31-33,44H,8-10,17,20H2,1-7H3,(H,39,42)(H,40,43). The van der Waals surface area contributed by atoms with Gasteiger partial charge in [0.2, 0.25) is 11.8 Å². The number of unbranched alkanes of at least 4 members (excludes halogenated alkanes) is 2. The lowest BCUT2D eigenvalue weighted by Gasteiger charge is -2.44. The topological polar surface area (TPSA) is 114 Å². The van der Waals surface area contributed by atoms with Gasteiger partial charge >= 0.3 is 0 Å². The molecule has 3 aromatic carbocycles. The van der Waals surface area contributed by atoms with Crippen molar-refractivity contribution in [2.75, 3.05) is 24.4 Å². The third kappa shape index (κ3) is 7.47. The quantitative estimate of drug-likeness (QED) is 0.141. The van der Waals surface area contributed by atoms with Gasteiger partial charge in [0.05, 0.1) is 29.7 Å². The molecule has 1 fully saturated rings. The Bertz CT molecular complexity index is 1620. The highest BCUT2D eigenvalue weighted by Gasteiger charge is 2.56. The van der Waals surface area contributed by atoms with E-state index in [9.17, 15) is 19.5 Å². The molecule has 4 rings (SSSR count). The van der Waals surface area contributed by atoms with Crippen LogP contribution in [0.25, 0.3) is 0 Å². The zero-order valence-corrected chi connectivity index (χ0v) is 29.3. The molecule has 0 bridgehead atoms. The summed E-state index contributed by atoms with van der Waals surface area (Å²) in [7, 11) is 1.52. The average Bonchev–Trinajstić information content (AvgIpc) is 2.99. The molecule has 246 valence electrons. The number of benzene rings is 3. The second kappa shape index (κ2) is 14.8. The Morgan fingerprint density at radius 3 is 2.11 bits per heavy atom. The molecule has 0 spiro atoms. The van der Waals surface area contributed by atoms with E-state index in [2.05, 4.69) is 33.5 Å². The SMILES string of the molecule is CCCCCOc1c(Br)cc(C2C(C(=O)Nc3cccc(C)c3C)C(=O)CC(C)(O)C2C(=O)Nc2cccc(C)c2C)cc1OC. The van der Waals surface area contributed by atoms with E-state index in [4.69, 9.17) is 9.47 Å². The molecule has 4 unspecified atom stereocenters. The van der Waals surface area contributed by atoms with E-state index in [1.807, 2.05) is 52.0 Å². The minimum absolute atomic E-state index is 0.365. The summed E-state index contributed by atoms with van der Waals surface area (Å²) in [5.74, 6) is -4.09. The summed E-state index contributed by atoms with van der Waals surface area (Å²) in [4.78, 5) is 42.3. The fraction of sp³-hybridized carbons (Fsp3) is 0.432. The van der Waals surface area contributed by atoms with Gasteiger partial charge in [0, 0.05) is 23.7 Å². The predicted octanol–water partition coefficient (Wildman–Crippen LogP) is 7.58. The van der Waals surface area contributed by atoms with Crippen LogP contribution in [0.15, 0.2) is 53.0 Å². The number of anilines is 2. The highest BCUT2D eigenvalue weighted by Crippen LogP contribution is 2.49. The van der Waals surface area contributed by atoms with Gasteiger partial charge in [-0.25, -0.2) is 0 Å². The molecule has 3 aromatic rings. The molecule has 0 saturated heterocycles. The van der Waals surface area contributed by atoms with Crippen LogP contribution in [0.5, 0.6) is 11.5 Å². The number of aliphatic hydroxyl groups is 1. The van der Waals surface area contributed by atoms with Crippen LogP contribution >= 0.6 is 15.9 Å². The predicted molar refractivity (Wildman–Crippen MR) is 185 cm³/mol. The largest absolute Gasteiger partial charge is 0.493 e. The number of methoxy groups -OCH3 is 1. The molecule has 9 heteroatoms. The van der Waals surface area contributed by atoms with Crippen LogP contribution in [0.3, 0.4) is 0 Å². The molecule has 46 heavy (non-hydrogen) atoms. The van der Waals surface area contributed by atoms with Crippen molar-refractivity contribution >= 4 is 44.9 Å². The number of amides is 2. The number of rotatable bonds is 11. The average molecular weight is 694 g/mol. The van der Waals surface area contributed by atoms with Crippen molar-refractivity contribution in [1.29, 1.82) is 0 Å². The van der Waals surface area contributed by atoms with Crippen LogP contribution < -0.4 is 20.1 Å². The molecule has 8 nitrogen and oxygen atoms in total. The second-order valence-corrected chi connectivity index (χ2v) is 13.4. The first-order valence-electron chi connectivity index (χ1n) is 15.8. The van der Waals surface area contributed by atoms with E-state index in [0.717, 1.165) is 41.5 Å². The van der Waals surface area contributed by atoms with Crippen LogP contribution in [0, 0.1) is 39.5 Å². The monoisotopic (exact) mass is 692 g/mol. The number of carbonyl (C=O) groups is 3. The Labute approximate surface area is 280 Å². The van der Waals surface area contributed by atoms with Crippen LogP contribution in [0.2, 0.25) is 0 Å². The van der Waals surface area contributed by atoms with Gasteiger partial charge in [0.25, 0.3) is 0 Å². The summed E-state index contributed by atoms with van der Waals surface area (Å²) in [6.45, 7) is 11.8. The Hall–Kier alpha value is -3.69. The molecule has 0 aliphatic heterocycles. The third-order valence-electron chi connectivity index (χ3n) is 9.19. The maximum absolute atomic E-state index is 14.3. The lowest BCUT2D eigenvalue weighted by molar-refractivity contribution is -0.150. The fourth-order valence-corrected chi connectivity index (χ4v) is 6.86. The maximum Gasteiger partial charge on any atom is 0.235 e. The highest BCUT2D eigenvalue weighted by atomic mass is 79.9. The van der Waals surface area contributed by atoms with E-state index in [1.165, 1.54) is 14.0 Å². The van der Waals surface area contributed by atoms with Crippen molar-refractivity contribution in [1.82, 2.24) is 0 Å². The molecule has 0 aromatic heterocycles. The van der Waals surface area contributed by atoms with Crippen molar-refractivity contribution in [3.63, 3.8) is 0 Å². The number of Topliss-reactive ketones (excluding diaryl/α,β-unsaturated/α-hetero) is 1. The first-order chi connectivity index (χ1) is 21.8. The van der Waals surface area contributed by atoms with Gasteiger partial charge in [0.1, 0.15) is 11.7 Å². The highest BCUT2D eigenvalue weighted by molar-refractivity contribution is 9.10. The van der Waals surface area contributed by atoms with E-state index in [-0.39, 0.29) is 6.42 Å². The minimum atomic E-state index is -1.76. The zero-order chi connectivity index (χ0) is 33.8. The number of hydrogen-bond acceptors (Lipinski definition) is 6. The van der Waals surface area contributed by atoms with Gasteiger partial charge < -0.3 is 25.2 Å². The third-order valence-corrected chi connectivity index (χ3v) is 9.78.